The van der Waals surface area contributed by atoms with E-state index in [2.05, 4.69) is 20.4 Å². The molecule has 0 unspecified atom stereocenters. The smallest absolute Gasteiger partial charge is 0.383 e. The van der Waals surface area contributed by atoms with Crippen LogP contribution in [0.1, 0.15) is 30.9 Å². The first-order valence-electron chi connectivity index (χ1n) is 11.7. The number of aryl methyl sites for hydroxylation is 1. The Kier molecular flexibility index (Phi) is 7.73. The summed E-state index contributed by atoms with van der Waals surface area (Å²) in [4.78, 5) is 31.4. The van der Waals surface area contributed by atoms with Gasteiger partial charge in [0.15, 0.2) is 17.5 Å². The van der Waals surface area contributed by atoms with Crippen LogP contribution in [-0.2, 0) is 18.9 Å². The highest BCUT2D eigenvalue weighted by atomic mass is 19.4. The summed E-state index contributed by atoms with van der Waals surface area (Å²) in [6, 6.07) is 1.67. The molecule has 0 aliphatic carbocycles. The fourth-order valence-electron chi connectivity index (χ4n) is 4.15. The average molecular weight is 589 g/mol. The van der Waals surface area contributed by atoms with Gasteiger partial charge in [-0.15, -0.1) is 0 Å². The zero-order valence-corrected chi connectivity index (χ0v) is 20.8. The molecule has 41 heavy (non-hydrogen) atoms. The number of halogens is 8. The van der Waals surface area contributed by atoms with Crippen molar-refractivity contribution in [2.45, 2.75) is 44.7 Å². The number of benzene rings is 1. The molecule has 0 fully saturated rings. The number of fused-ring (bicyclic) bond motifs is 1. The topological polar surface area (TPSA) is 132 Å². The Hall–Kier alpha value is -4.57. The first kappa shape index (κ1) is 29.4. The summed E-state index contributed by atoms with van der Waals surface area (Å²) >= 11 is 0. The van der Waals surface area contributed by atoms with E-state index in [0.717, 1.165) is 16.8 Å². The summed E-state index contributed by atoms with van der Waals surface area (Å²) in [5.74, 6) is -4.76. The Morgan fingerprint density at radius 2 is 1.78 bits per heavy atom. The number of nitrogen functional groups attached to an aromatic ring is 1. The molecule has 0 radical (unpaired) electrons. The average Bonchev–Trinajstić information content (AvgIpc) is 2.85. The maximum Gasteiger partial charge on any atom is 0.423 e. The third-order valence-electron chi connectivity index (χ3n) is 6.09. The highest BCUT2D eigenvalue weighted by Gasteiger charge is 2.37. The quantitative estimate of drug-likeness (QED) is 0.266. The molecule has 17 heteroatoms. The number of aromatic nitrogens is 5. The van der Waals surface area contributed by atoms with Crippen molar-refractivity contribution < 1.29 is 35.1 Å². The number of hydrogen-bond acceptors (Lipinski definition) is 7. The number of nitrogens with one attached hydrogen (secondary N) is 2. The number of hydrogen-bond donors (Lipinski definition) is 3. The van der Waals surface area contributed by atoms with Gasteiger partial charge >= 0.3 is 12.4 Å². The first-order valence-corrected chi connectivity index (χ1v) is 11.7. The normalized spacial score (nSPS) is 13.0. The molecule has 4 rings (SSSR count). The number of alkyl halides is 6. The molecular formula is C24H19F8N7O2. The Morgan fingerprint density at radius 1 is 1.07 bits per heavy atom. The van der Waals surface area contributed by atoms with Crippen molar-refractivity contribution in [1.82, 2.24) is 24.7 Å². The summed E-state index contributed by atoms with van der Waals surface area (Å²) in [5.41, 5.74) is -0.944. The van der Waals surface area contributed by atoms with Crippen LogP contribution >= 0.6 is 0 Å². The van der Waals surface area contributed by atoms with Gasteiger partial charge < -0.3 is 15.6 Å². The highest BCUT2D eigenvalue weighted by molar-refractivity contribution is 5.86. The van der Waals surface area contributed by atoms with E-state index in [-0.39, 0.29) is 24.8 Å². The van der Waals surface area contributed by atoms with Gasteiger partial charge in [-0.2, -0.15) is 31.4 Å². The molecule has 0 spiro atoms. The molecular weight excluding hydrogens is 570 g/mol. The lowest BCUT2D eigenvalue weighted by Gasteiger charge is -2.18. The van der Waals surface area contributed by atoms with Crippen molar-refractivity contribution >= 4 is 22.3 Å². The van der Waals surface area contributed by atoms with E-state index in [4.69, 9.17) is 5.73 Å². The SMILES string of the molecule is C[C@@H](CCCn1ccc2cc(-c3ncc(C(F)(F)F)c(N)n3)c(F)c(F)c2c1=O)Nc1cn[nH]c(=O)c1C(F)(F)F. The lowest BCUT2D eigenvalue weighted by molar-refractivity contribution is -0.138. The van der Waals surface area contributed by atoms with Gasteiger partial charge in [0.05, 0.1) is 22.8 Å². The molecule has 218 valence electrons. The maximum absolute atomic E-state index is 15.0. The van der Waals surface area contributed by atoms with Crippen LogP contribution in [0.3, 0.4) is 0 Å². The third kappa shape index (κ3) is 5.97. The minimum Gasteiger partial charge on any atom is -0.383 e. The lowest BCUT2D eigenvalue weighted by Crippen LogP contribution is -2.27. The molecule has 0 bridgehead atoms. The predicted molar refractivity (Wildman–Crippen MR) is 131 cm³/mol. The monoisotopic (exact) mass is 589 g/mol. The van der Waals surface area contributed by atoms with Gasteiger partial charge in [-0.25, -0.2) is 23.8 Å². The van der Waals surface area contributed by atoms with E-state index in [1.54, 1.807) is 5.10 Å². The van der Waals surface area contributed by atoms with Gasteiger partial charge in [-0.05, 0) is 37.3 Å². The van der Waals surface area contributed by atoms with E-state index in [9.17, 15) is 40.3 Å². The van der Waals surface area contributed by atoms with Crippen LogP contribution < -0.4 is 22.2 Å². The van der Waals surface area contributed by atoms with Gasteiger partial charge in [0.2, 0.25) is 0 Å². The van der Waals surface area contributed by atoms with Gasteiger partial charge in [0, 0.05) is 25.0 Å². The van der Waals surface area contributed by atoms with Crippen molar-refractivity contribution in [2.24, 2.45) is 0 Å². The summed E-state index contributed by atoms with van der Waals surface area (Å²) in [6.07, 6.45) is -6.95. The Balaban J connectivity index is 1.54. The summed E-state index contributed by atoms with van der Waals surface area (Å²) in [7, 11) is 0. The van der Waals surface area contributed by atoms with Crippen LogP contribution in [-0.4, -0.2) is 30.8 Å². The number of pyridine rings is 1. The fourth-order valence-corrected chi connectivity index (χ4v) is 4.15. The van der Waals surface area contributed by atoms with Crippen molar-refractivity contribution in [3.8, 4) is 11.4 Å². The number of rotatable bonds is 7. The minimum atomic E-state index is -4.93. The van der Waals surface area contributed by atoms with E-state index in [0.29, 0.717) is 6.20 Å². The zero-order chi connectivity index (χ0) is 30.3. The second-order valence-corrected chi connectivity index (χ2v) is 8.99. The summed E-state index contributed by atoms with van der Waals surface area (Å²) in [6.45, 7) is 1.51. The van der Waals surface area contributed by atoms with Gasteiger partial charge in [-0.3, -0.25) is 9.59 Å². The number of H-pyrrole nitrogens is 1. The standard InChI is InChI=1S/C24H19F8N7O2/c1-10(36-14-9-35-38-21(40)16(14)24(30,31)32)3-2-5-39-6-4-11-7-12(17(25)18(26)15(11)22(39)41)20-34-8-13(19(33)37-20)23(27,28)29/h4,6-10H,2-3,5H2,1H3,(H2,33,34,37)(H2,36,38,40)/t10-/m0/s1. The van der Waals surface area contributed by atoms with Crippen molar-refractivity contribution in [3.63, 3.8) is 0 Å². The number of anilines is 2. The van der Waals surface area contributed by atoms with Crippen molar-refractivity contribution in [1.29, 1.82) is 0 Å². The largest absolute Gasteiger partial charge is 0.423 e. The van der Waals surface area contributed by atoms with Gasteiger partial charge in [-0.1, -0.05) is 0 Å². The van der Waals surface area contributed by atoms with E-state index in [1.807, 2.05) is 0 Å². The van der Waals surface area contributed by atoms with E-state index in [1.165, 1.54) is 19.2 Å². The fraction of sp³-hybridized carbons (Fsp3) is 0.292. The van der Waals surface area contributed by atoms with Crippen LogP contribution in [0.2, 0.25) is 0 Å². The molecule has 0 saturated heterocycles. The number of aromatic amines is 1. The van der Waals surface area contributed by atoms with Gasteiger partial charge in [0.25, 0.3) is 11.1 Å². The Labute approximate surface area is 224 Å². The molecule has 0 amide bonds. The number of nitrogens with two attached hydrogens (primary N) is 1. The molecule has 4 N–H and O–H groups in total. The van der Waals surface area contributed by atoms with E-state index >= 15 is 4.39 Å². The Morgan fingerprint density at radius 3 is 2.41 bits per heavy atom. The third-order valence-corrected chi connectivity index (χ3v) is 6.09. The van der Waals surface area contributed by atoms with Crippen LogP contribution in [0, 0.1) is 11.6 Å². The van der Waals surface area contributed by atoms with E-state index < -0.39 is 80.6 Å². The second kappa shape index (κ2) is 10.8. The maximum atomic E-state index is 15.0. The summed E-state index contributed by atoms with van der Waals surface area (Å²) in [5, 5.41) is 6.93. The Bertz CT molecular complexity index is 1730. The molecule has 1 aromatic carbocycles. The van der Waals surface area contributed by atoms with Gasteiger partial charge in [0.1, 0.15) is 16.9 Å². The molecule has 3 heterocycles. The molecule has 4 aromatic rings. The predicted octanol–water partition coefficient (Wildman–Crippen LogP) is 4.72. The second-order valence-electron chi connectivity index (χ2n) is 8.99. The molecule has 3 aromatic heterocycles. The lowest BCUT2D eigenvalue weighted by atomic mass is 10.1. The molecule has 0 aliphatic rings. The zero-order valence-electron chi connectivity index (χ0n) is 20.8. The van der Waals surface area contributed by atoms with Crippen LogP contribution in [0.15, 0.2) is 40.3 Å². The minimum absolute atomic E-state index is 0.0259. The summed E-state index contributed by atoms with van der Waals surface area (Å²) < 4.78 is 109. The van der Waals surface area contributed by atoms with Crippen molar-refractivity contribution in [2.75, 3.05) is 11.1 Å². The van der Waals surface area contributed by atoms with Crippen LogP contribution in [0.5, 0.6) is 0 Å². The van der Waals surface area contributed by atoms with Crippen molar-refractivity contribution in [3.05, 3.63) is 74.2 Å². The number of nitrogens with zero attached hydrogens (tertiary/aromatic N) is 4. The highest BCUT2D eigenvalue weighted by Crippen LogP contribution is 2.34. The molecule has 9 nitrogen and oxygen atoms in total. The van der Waals surface area contributed by atoms with Crippen LogP contribution in [0.4, 0.5) is 46.6 Å². The molecule has 0 saturated carbocycles. The first-order chi connectivity index (χ1) is 19.1. The molecule has 0 aliphatic heterocycles. The van der Waals surface area contributed by atoms with Crippen LogP contribution in [0.25, 0.3) is 22.2 Å². The molecule has 1 atom stereocenters.